The first-order valence-corrected chi connectivity index (χ1v) is 13.5. The normalized spacial score (nSPS) is 14.9. The van der Waals surface area contributed by atoms with Crippen LogP contribution in [0, 0.1) is 5.92 Å². The molecule has 1 rings (SSSR count). The average Bonchev–Trinajstić information content (AvgIpc) is 2.86. The molecular formula is C25H38N4O7S. The minimum atomic E-state index is -1.42. The molecule has 5 atom stereocenters. The van der Waals surface area contributed by atoms with E-state index in [1.54, 1.807) is 6.92 Å². The van der Waals surface area contributed by atoms with Crippen LogP contribution < -0.4 is 21.7 Å². The molecule has 3 amide bonds. The average molecular weight is 539 g/mol. The molecule has 0 aromatic heterocycles. The highest BCUT2D eigenvalue weighted by molar-refractivity contribution is 7.98. The van der Waals surface area contributed by atoms with Gasteiger partial charge in [-0.2, -0.15) is 11.8 Å². The molecule has 0 saturated carbocycles. The summed E-state index contributed by atoms with van der Waals surface area (Å²) in [6, 6.07) is 4.88. The fourth-order valence-electron chi connectivity index (χ4n) is 3.49. The van der Waals surface area contributed by atoms with E-state index in [4.69, 9.17) is 10.8 Å². The number of carbonyl (C=O) groups excluding carboxylic acids is 3. The number of benzene rings is 1. The fourth-order valence-corrected chi connectivity index (χ4v) is 3.96. The third kappa shape index (κ3) is 11.6. The number of carboxylic acids is 2. The van der Waals surface area contributed by atoms with Crippen molar-refractivity contribution in [2.75, 3.05) is 12.0 Å². The second-order valence-electron chi connectivity index (χ2n) is 8.84. The molecule has 12 heteroatoms. The van der Waals surface area contributed by atoms with E-state index in [2.05, 4.69) is 16.0 Å². The Bertz CT molecular complexity index is 916. The van der Waals surface area contributed by atoms with E-state index in [-0.39, 0.29) is 25.2 Å². The van der Waals surface area contributed by atoms with E-state index in [0.717, 1.165) is 5.56 Å². The summed E-state index contributed by atoms with van der Waals surface area (Å²) in [5, 5.41) is 25.9. The predicted molar refractivity (Wildman–Crippen MR) is 141 cm³/mol. The van der Waals surface area contributed by atoms with Gasteiger partial charge in [-0.15, -0.1) is 0 Å². The minimum absolute atomic E-state index is 0.207. The van der Waals surface area contributed by atoms with E-state index in [0.29, 0.717) is 12.2 Å². The molecule has 0 heterocycles. The molecule has 7 N–H and O–H groups in total. The molecule has 37 heavy (non-hydrogen) atoms. The Morgan fingerprint density at radius 2 is 1.54 bits per heavy atom. The zero-order valence-electron chi connectivity index (χ0n) is 21.4. The van der Waals surface area contributed by atoms with Crippen molar-refractivity contribution in [3.05, 3.63) is 35.9 Å². The molecule has 0 aliphatic carbocycles. The lowest BCUT2D eigenvalue weighted by Crippen LogP contribution is -2.58. The van der Waals surface area contributed by atoms with Crippen molar-refractivity contribution in [3.8, 4) is 0 Å². The van der Waals surface area contributed by atoms with Crippen molar-refractivity contribution >= 4 is 41.4 Å². The van der Waals surface area contributed by atoms with Crippen molar-refractivity contribution in [2.24, 2.45) is 11.7 Å². The summed E-state index contributed by atoms with van der Waals surface area (Å²) in [4.78, 5) is 61.3. The number of aliphatic carboxylic acids is 2. The van der Waals surface area contributed by atoms with E-state index >= 15 is 0 Å². The van der Waals surface area contributed by atoms with Gasteiger partial charge >= 0.3 is 11.9 Å². The standard InChI is InChI=1S/C25H38N4O7S/c1-4-15(2)21(29-22(32)17(26)14-16-8-6-5-7-9-16)24(34)27-18(12-13-37-3)23(33)28-19(25(35)36)10-11-20(30)31/h5-9,15,17-19,21H,4,10-14,26H2,1-3H3,(H,27,34)(H,28,33)(H,29,32)(H,30,31)(H,35,36). The molecule has 0 saturated heterocycles. The summed E-state index contributed by atoms with van der Waals surface area (Å²) in [6.45, 7) is 3.65. The quantitative estimate of drug-likeness (QED) is 0.166. The van der Waals surface area contributed by atoms with Crippen LogP contribution in [0.1, 0.15) is 45.1 Å². The van der Waals surface area contributed by atoms with Crippen LogP contribution in [0.15, 0.2) is 30.3 Å². The van der Waals surface area contributed by atoms with Crippen LogP contribution in [0.3, 0.4) is 0 Å². The van der Waals surface area contributed by atoms with E-state index in [1.165, 1.54) is 11.8 Å². The van der Waals surface area contributed by atoms with E-state index < -0.39 is 60.2 Å². The maximum Gasteiger partial charge on any atom is 0.326 e. The molecule has 0 aliphatic rings. The van der Waals surface area contributed by atoms with Gasteiger partial charge in [0.05, 0.1) is 6.04 Å². The van der Waals surface area contributed by atoms with Crippen LogP contribution in [-0.4, -0.2) is 76.0 Å². The zero-order chi connectivity index (χ0) is 28.0. The van der Waals surface area contributed by atoms with Crippen LogP contribution in [0.5, 0.6) is 0 Å². The first-order valence-electron chi connectivity index (χ1n) is 12.1. The Morgan fingerprint density at radius 1 is 0.919 bits per heavy atom. The predicted octanol–water partition coefficient (Wildman–Crippen LogP) is 0.759. The van der Waals surface area contributed by atoms with Gasteiger partial charge in [0.2, 0.25) is 17.7 Å². The van der Waals surface area contributed by atoms with Crippen molar-refractivity contribution in [1.29, 1.82) is 0 Å². The largest absolute Gasteiger partial charge is 0.481 e. The molecule has 0 spiro atoms. The monoisotopic (exact) mass is 538 g/mol. The van der Waals surface area contributed by atoms with E-state index in [1.807, 2.05) is 43.5 Å². The van der Waals surface area contributed by atoms with Gasteiger partial charge in [-0.1, -0.05) is 50.6 Å². The lowest BCUT2D eigenvalue weighted by Gasteiger charge is -2.28. The van der Waals surface area contributed by atoms with Crippen molar-refractivity contribution < 1.29 is 34.2 Å². The Kier molecular flexibility index (Phi) is 14.3. The highest BCUT2D eigenvalue weighted by Gasteiger charge is 2.32. The topological polar surface area (TPSA) is 188 Å². The Balaban J connectivity index is 2.96. The molecule has 1 aromatic carbocycles. The minimum Gasteiger partial charge on any atom is -0.481 e. The SMILES string of the molecule is CCC(C)C(NC(=O)C(N)Cc1ccccc1)C(=O)NC(CCSC)C(=O)NC(CCC(=O)O)C(=O)O. The van der Waals surface area contributed by atoms with Crippen LogP contribution in [0.25, 0.3) is 0 Å². The fraction of sp³-hybridized carbons (Fsp3) is 0.560. The number of amides is 3. The Morgan fingerprint density at radius 3 is 2.08 bits per heavy atom. The summed E-state index contributed by atoms with van der Waals surface area (Å²) >= 11 is 1.44. The number of hydrogen-bond acceptors (Lipinski definition) is 7. The van der Waals surface area contributed by atoms with Crippen LogP contribution in [-0.2, 0) is 30.4 Å². The van der Waals surface area contributed by atoms with Gasteiger partial charge in [0.15, 0.2) is 0 Å². The number of nitrogens with two attached hydrogens (primary N) is 1. The maximum atomic E-state index is 13.2. The van der Waals surface area contributed by atoms with E-state index in [9.17, 15) is 29.1 Å². The molecule has 206 valence electrons. The molecule has 5 unspecified atom stereocenters. The highest BCUT2D eigenvalue weighted by atomic mass is 32.2. The molecule has 0 aliphatic heterocycles. The summed E-state index contributed by atoms with van der Waals surface area (Å²) in [5.74, 6) is -4.18. The molecule has 0 fully saturated rings. The van der Waals surface area contributed by atoms with Crippen molar-refractivity contribution in [1.82, 2.24) is 16.0 Å². The van der Waals surface area contributed by atoms with Crippen LogP contribution >= 0.6 is 11.8 Å². The van der Waals surface area contributed by atoms with Gasteiger partial charge in [-0.3, -0.25) is 19.2 Å². The number of rotatable bonds is 17. The first-order chi connectivity index (χ1) is 17.5. The summed E-state index contributed by atoms with van der Waals surface area (Å²) < 4.78 is 0. The lowest BCUT2D eigenvalue weighted by atomic mass is 9.96. The smallest absolute Gasteiger partial charge is 0.326 e. The summed E-state index contributed by atoms with van der Waals surface area (Å²) in [5.41, 5.74) is 6.95. The molecule has 11 nitrogen and oxygen atoms in total. The second-order valence-corrected chi connectivity index (χ2v) is 9.83. The van der Waals surface area contributed by atoms with Gasteiger partial charge < -0.3 is 31.9 Å². The third-order valence-corrected chi connectivity index (χ3v) is 6.58. The number of carboxylic acid groups (broad SMARTS) is 2. The lowest BCUT2D eigenvalue weighted by molar-refractivity contribution is -0.143. The number of nitrogens with one attached hydrogen (secondary N) is 3. The Labute approximate surface area is 221 Å². The van der Waals surface area contributed by atoms with Gasteiger partial charge in [0.25, 0.3) is 0 Å². The van der Waals surface area contributed by atoms with Gasteiger partial charge in [0.1, 0.15) is 18.1 Å². The van der Waals surface area contributed by atoms with Crippen molar-refractivity contribution in [2.45, 2.75) is 70.1 Å². The second kappa shape index (κ2) is 16.6. The van der Waals surface area contributed by atoms with Gasteiger partial charge in [0, 0.05) is 6.42 Å². The van der Waals surface area contributed by atoms with Crippen molar-refractivity contribution in [3.63, 3.8) is 0 Å². The number of thioether (sulfide) groups is 1. The molecule has 0 radical (unpaired) electrons. The van der Waals surface area contributed by atoms with Crippen LogP contribution in [0.2, 0.25) is 0 Å². The third-order valence-electron chi connectivity index (χ3n) is 5.93. The first kappa shape index (κ1) is 31.9. The number of carbonyl (C=O) groups is 5. The zero-order valence-corrected chi connectivity index (χ0v) is 22.3. The molecule has 0 bridgehead atoms. The van der Waals surface area contributed by atoms with Crippen LogP contribution in [0.4, 0.5) is 0 Å². The Hall–Kier alpha value is -3.12. The number of hydrogen-bond donors (Lipinski definition) is 6. The summed E-state index contributed by atoms with van der Waals surface area (Å²) in [6.07, 6.45) is 2.13. The molecule has 1 aromatic rings. The maximum absolute atomic E-state index is 13.2. The summed E-state index contributed by atoms with van der Waals surface area (Å²) in [7, 11) is 0. The highest BCUT2D eigenvalue weighted by Crippen LogP contribution is 2.11. The van der Waals surface area contributed by atoms with Gasteiger partial charge in [-0.05, 0) is 42.8 Å². The molecular weight excluding hydrogens is 500 g/mol. The van der Waals surface area contributed by atoms with Gasteiger partial charge in [-0.25, -0.2) is 4.79 Å².